The molecule has 0 fully saturated rings. The summed E-state index contributed by atoms with van der Waals surface area (Å²) in [6.07, 6.45) is 1.56. The number of benzene rings is 1. The van der Waals surface area contributed by atoms with Gasteiger partial charge in [0.05, 0.1) is 32.1 Å². The standard InChI is InChI=1S/C19H21ClN4O4/c1-12(8-18(25)22-17-7-5-14(20)11-21-17)23-24-19(26)10-13-4-6-15(27-2)16(9-13)28-3/h4-7,9,11H,8,10H2,1-3H3,(H,24,26)(H,21,22,25)/b23-12-. The van der Waals surface area contributed by atoms with Gasteiger partial charge in [-0.25, -0.2) is 10.4 Å². The number of hydrazone groups is 1. The van der Waals surface area contributed by atoms with Crippen LogP contribution >= 0.6 is 11.6 Å². The molecule has 2 aromatic rings. The molecule has 0 saturated heterocycles. The average molecular weight is 405 g/mol. The van der Waals surface area contributed by atoms with Crippen LogP contribution in [-0.4, -0.2) is 36.7 Å². The van der Waals surface area contributed by atoms with Crippen molar-refractivity contribution < 1.29 is 19.1 Å². The molecule has 0 saturated carbocycles. The fraction of sp³-hybridized carbons (Fsp3) is 0.263. The largest absolute Gasteiger partial charge is 0.493 e. The molecule has 1 heterocycles. The number of hydrogen-bond donors (Lipinski definition) is 2. The van der Waals surface area contributed by atoms with Gasteiger partial charge in [0.2, 0.25) is 11.8 Å². The van der Waals surface area contributed by atoms with Gasteiger partial charge in [0.15, 0.2) is 11.5 Å². The lowest BCUT2D eigenvalue weighted by Crippen LogP contribution is -2.23. The number of aromatic nitrogens is 1. The van der Waals surface area contributed by atoms with Crippen LogP contribution in [0, 0.1) is 0 Å². The van der Waals surface area contributed by atoms with Gasteiger partial charge in [-0.15, -0.1) is 0 Å². The van der Waals surface area contributed by atoms with Crippen LogP contribution in [0.1, 0.15) is 18.9 Å². The molecule has 0 aliphatic carbocycles. The highest BCUT2D eigenvalue weighted by molar-refractivity contribution is 6.30. The molecule has 0 aliphatic rings. The van der Waals surface area contributed by atoms with Gasteiger partial charge < -0.3 is 14.8 Å². The van der Waals surface area contributed by atoms with E-state index in [1.54, 1.807) is 44.4 Å². The quantitative estimate of drug-likeness (QED) is 0.520. The second kappa shape index (κ2) is 10.3. The van der Waals surface area contributed by atoms with E-state index in [9.17, 15) is 9.59 Å². The van der Waals surface area contributed by atoms with Crippen LogP contribution in [-0.2, 0) is 16.0 Å². The second-order valence-electron chi connectivity index (χ2n) is 5.83. The SMILES string of the molecule is COc1ccc(CC(=O)N/N=C(/C)CC(=O)Nc2ccc(Cl)cn2)cc1OC. The zero-order valence-corrected chi connectivity index (χ0v) is 16.5. The number of methoxy groups -OCH3 is 2. The van der Waals surface area contributed by atoms with Crippen molar-refractivity contribution in [2.75, 3.05) is 19.5 Å². The van der Waals surface area contributed by atoms with Crippen molar-refractivity contribution in [1.29, 1.82) is 0 Å². The Morgan fingerprint density at radius 3 is 2.50 bits per heavy atom. The third-order valence-corrected chi connectivity index (χ3v) is 3.82. The molecule has 1 aromatic carbocycles. The van der Waals surface area contributed by atoms with Crippen LogP contribution in [0.4, 0.5) is 5.82 Å². The van der Waals surface area contributed by atoms with Crippen molar-refractivity contribution in [1.82, 2.24) is 10.4 Å². The Morgan fingerprint density at radius 2 is 1.86 bits per heavy atom. The first kappa shape index (κ1) is 21.2. The molecule has 28 heavy (non-hydrogen) atoms. The van der Waals surface area contributed by atoms with E-state index < -0.39 is 0 Å². The summed E-state index contributed by atoms with van der Waals surface area (Å²) < 4.78 is 10.4. The van der Waals surface area contributed by atoms with E-state index in [1.165, 1.54) is 13.3 Å². The van der Waals surface area contributed by atoms with Crippen LogP contribution in [0.3, 0.4) is 0 Å². The lowest BCUT2D eigenvalue weighted by molar-refractivity contribution is -0.120. The number of ether oxygens (including phenoxy) is 2. The first-order valence-corrected chi connectivity index (χ1v) is 8.73. The smallest absolute Gasteiger partial charge is 0.244 e. The predicted molar refractivity (Wildman–Crippen MR) is 107 cm³/mol. The molecule has 8 nitrogen and oxygen atoms in total. The maximum absolute atomic E-state index is 12.1. The highest BCUT2D eigenvalue weighted by Crippen LogP contribution is 2.27. The van der Waals surface area contributed by atoms with Crippen molar-refractivity contribution in [2.45, 2.75) is 19.8 Å². The van der Waals surface area contributed by atoms with Crippen LogP contribution < -0.4 is 20.2 Å². The summed E-state index contributed by atoms with van der Waals surface area (Å²) in [6.45, 7) is 1.64. The summed E-state index contributed by atoms with van der Waals surface area (Å²) in [5, 5.41) is 7.05. The van der Waals surface area contributed by atoms with E-state index in [4.69, 9.17) is 21.1 Å². The summed E-state index contributed by atoms with van der Waals surface area (Å²) in [5.41, 5.74) is 3.63. The van der Waals surface area contributed by atoms with E-state index >= 15 is 0 Å². The number of carbonyl (C=O) groups excluding carboxylic acids is 2. The fourth-order valence-corrected chi connectivity index (χ4v) is 2.39. The van der Waals surface area contributed by atoms with E-state index in [0.29, 0.717) is 28.1 Å². The molecule has 9 heteroatoms. The maximum atomic E-state index is 12.1. The Balaban J connectivity index is 1.85. The summed E-state index contributed by atoms with van der Waals surface area (Å²) in [4.78, 5) is 28.0. The third kappa shape index (κ3) is 6.55. The van der Waals surface area contributed by atoms with Crippen LogP contribution in [0.25, 0.3) is 0 Å². The summed E-state index contributed by atoms with van der Waals surface area (Å²) >= 11 is 5.75. The van der Waals surface area contributed by atoms with Gasteiger partial charge in [-0.2, -0.15) is 5.10 Å². The molecule has 2 amide bonds. The predicted octanol–water partition coefficient (Wildman–Crippen LogP) is 2.82. The monoisotopic (exact) mass is 404 g/mol. The average Bonchev–Trinajstić information content (AvgIpc) is 2.68. The van der Waals surface area contributed by atoms with Crippen LogP contribution in [0.15, 0.2) is 41.6 Å². The molecule has 2 N–H and O–H groups in total. The number of rotatable bonds is 8. The number of hydrogen-bond acceptors (Lipinski definition) is 6. The molecule has 148 valence electrons. The van der Waals surface area contributed by atoms with Gasteiger partial charge in [0.1, 0.15) is 5.82 Å². The van der Waals surface area contributed by atoms with Gasteiger partial charge in [-0.05, 0) is 36.8 Å². The highest BCUT2D eigenvalue weighted by atomic mass is 35.5. The zero-order valence-electron chi connectivity index (χ0n) is 15.8. The number of anilines is 1. The Labute approximate surface area is 167 Å². The number of carbonyl (C=O) groups is 2. The lowest BCUT2D eigenvalue weighted by Gasteiger charge is -2.09. The molecule has 0 aliphatic heterocycles. The van der Waals surface area contributed by atoms with E-state index in [2.05, 4.69) is 20.8 Å². The van der Waals surface area contributed by atoms with Crippen LogP contribution in [0.2, 0.25) is 5.02 Å². The normalized spacial score (nSPS) is 10.9. The van der Waals surface area contributed by atoms with Crippen molar-refractivity contribution >= 4 is 34.9 Å². The van der Waals surface area contributed by atoms with Crippen LogP contribution in [0.5, 0.6) is 11.5 Å². The second-order valence-corrected chi connectivity index (χ2v) is 6.27. The minimum atomic E-state index is -0.314. The van der Waals surface area contributed by atoms with Crippen molar-refractivity contribution in [3.8, 4) is 11.5 Å². The lowest BCUT2D eigenvalue weighted by atomic mass is 10.1. The number of pyridine rings is 1. The van der Waals surface area contributed by atoms with Gasteiger partial charge in [0, 0.05) is 11.9 Å². The molecule has 0 spiro atoms. The van der Waals surface area contributed by atoms with Gasteiger partial charge in [-0.1, -0.05) is 17.7 Å². The van der Waals surface area contributed by atoms with Gasteiger partial charge >= 0.3 is 0 Å². The van der Waals surface area contributed by atoms with Crippen molar-refractivity contribution in [3.05, 3.63) is 47.1 Å². The number of nitrogens with one attached hydrogen (secondary N) is 2. The first-order valence-electron chi connectivity index (χ1n) is 8.35. The Bertz CT molecular complexity index is 869. The molecular weight excluding hydrogens is 384 g/mol. The molecule has 1 aromatic heterocycles. The summed E-state index contributed by atoms with van der Waals surface area (Å²) in [6, 6.07) is 8.44. The van der Waals surface area contributed by atoms with Crippen molar-refractivity contribution in [2.24, 2.45) is 5.10 Å². The van der Waals surface area contributed by atoms with E-state index in [0.717, 1.165) is 5.56 Å². The Kier molecular flexibility index (Phi) is 7.76. The molecule has 0 unspecified atom stereocenters. The summed E-state index contributed by atoms with van der Waals surface area (Å²) in [7, 11) is 3.07. The highest BCUT2D eigenvalue weighted by Gasteiger charge is 2.09. The minimum Gasteiger partial charge on any atom is -0.493 e. The number of amides is 2. The number of halogens is 1. The topological polar surface area (TPSA) is 102 Å². The molecular formula is C19H21ClN4O4. The molecule has 0 bridgehead atoms. The minimum absolute atomic E-state index is 0.0148. The van der Waals surface area contributed by atoms with E-state index in [-0.39, 0.29) is 24.7 Å². The first-order chi connectivity index (χ1) is 13.4. The number of nitrogens with zero attached hydrogens (tertiary/aromatic N) is 2. The zero-order chi connectivity index (χ0) is 20.5. The van der Waals surface area contributed by atoms with Gasteiger partial charge in [-0.3, -0.25) is 9.59 Å². The maximum Gasteiger partial charge on any atom is 0.244 e. The van der Waals surface area contributed by atoms with Crippen molar-refractivity contribution in [3.63, 3.8) is 0 Å². The fourth-order valence-electron chi connectivity index (χ4n) is 2.28. The molecule has 0 radical (unpaired) electrons. The van der Waals surface area contributed by atoms with Gasteiger partial charge in [0.25, 0.3) is 0 Å². The Morgan fingerprint density at radius 1 is 1.11 bits per heavy atom. The molecule has 0 atom stereocenters. The van der Waals surface area contributed by atoms with E-state index in [1.807, 2.05) is 0 Å². The molecule has 2 rings (SSSR count). The Hall–Kier alpha value is -3.13. The third-order valence-electron chi connectivity index (χ3n) is 3.60. The summed E-state index contributed by atoms with van der Waals surface area (Å²) in [5.74, 6) is 0.901.